The zero-order chi connectivity index (χ0) is 10.5. The maximum absolute atomic E-state index is 11.3. The second-order valence-corrected chi connectivity index (χ2v) is 4.28. The lowest BCUT2D eigenvalue weighted by Crippen LogP contribution is -2.33. The van der Waals surface area contributed by atoms with Crippen LogP contribution in [0.4, 0.5) is 0 Å². The molecule has 0 unspecified atom stereocenters. The van der Waals surface area contributed by atoms with Crippen molar-refractivity contribution in [3.05, 3.63) is 12.2 Å². The van der Waals surface area contributed by atoms with Gasteiger partial charge in [0.1, 0.15) is 0 Å². The Morgan fingerprint density at radius 3 is 2.38 bits per heavy atom. The topological polar surface area (TPSA) is 38.3 Å². The van der Waals surface area contributed by atoms with Crippen LogP contribution in [-0.4, -0.2) is 26.2 Å². The third kappa shape index (κ3) is 6.34. The second kappa shape index (κ2) is 5.02. The van der Waals surface area contributed by atoms with Gasteiger partial charge >= 0.3 is 0 Å². The van der Waals surface area contributed by atoms with E-state index in [2.05, 4.69) is 32.7 Å². The van der Waals surface area contributed by atoms with Crippen molar-refractivity contribution in [1.82, 2.24) is 5.32 Å². The van der Waals surface area contributed by atoms with E-state index in [1.807, 2.05) is 0 Å². The van der Waals surface area contributed by atoms with E-state index in [4.69, 9.17) is 4.74 Å². The zero-order valence-corrected chi connectivity index (χ0v) is 8.94. The summed E-state index contributed by atoms with van der Waals surface area (Å²) in [6, 6.07) is 0. The minimum atomic E-state index is -0.128. The summed E-state index contributed by atoms with van der Waals surface area (Å²) >= 11 is 0. The molecule has 0 aromatic carbocycles. The average Bonchev–Trinajstić information content (AvgIpc) is 1.99. The number of nitrogens with one attached hydrogen (secondary N) is 1. The molecule has 76 valence electrons. The zero-order valence-electron chi connectivity index (χ0n) is 8.94. The van der Waals surface area contributed by atoms with Gasteiger partial charge in [-0.05, 0) is 5.41 Å². The molecule has 0 atom stereocenters. The van der Waals surface area contributed by atoms with Gasteiger partial charge in [-0.25, -0.2) is 0 Å². The summed E-state index contributed by atoms with van der Waals surface area (Å²) in [5.41, 5.74) is 0.565. The van der Waals surface area contributed by atoms with Gasteiger partial charge in [0.05, 0.1) is 6.61 Å². The molecule has 0 saturated carbocycles. The molecule has 0 bridgehead atoms. The SMILES string of the molecule is C=C(COC)C(=O)NCC(C)(C)C. The van der Waals surface area contributed by atoms with Crippen molar-refractivity contribution < 1.29 is 9.53 Å². The van der Waals surface area contributed by atoms with E-state index in [1.54, 1.807) is 7.11 Å². The summed E-state index contributed by atoms with van der Waals surface area (Å²) in [5.74, 6) is -0.128. The van der Waals surface area contributed by atoms with Gasteiger partial charge in [0.25, 0.3) is 0 Å². The highest BCUT2D eigenvalue weighted by Gasteiger charge is 2.13. The van der Waals surface area contributed by atoms with Crippen LogP contribution in [0.3, 0.4) is 0 Å². The first-order chi connectivity index (χ1) is 5.87. The Labute approximate surface area is 80.2 Å². The average molecular weight is 185 g/mol. The van der Waals surface area contributed by atoms with Crippen LogP contribution in [0.5, 0.6) is 0 Å². The maximum Gasteiger partial charge on any atom is 0.248 e. The number of carbonyl (C=O) groups excluding carboxylic acids is 1. The fourth-order valence-electron chi connectivity index (χ4n) is 0.710. The second-order valence-electron chi connectivity index (χ2n) is 4.28. The predicted molar refractivity (Wildman–Crippen MR) is 53.5 cm³/mol. The summed E-state index contributed by atoms with van der Waals surface area (Å²) in [6.45, 7) is 10.7. The van der Waals surface area contributed by atoms with Crippen molar-refractivity contribution in [1.29, 1.82) is 0 Å². The van der Waals surface area contributed by atoms with E-state index in [-0.39, 0.29) is 17.9 Å². The van der Waals surface area contributed by atoms with Gasteiger partial charge in [0, 0.05) is 19.2 Å². The Hall–Kier alpha value is -0.830. The molecule has 0 aliphatic heterocycles. The monoisotopic (exact) mass is 185 g/mol. The van der Waals surface area contributed by atoms with Crippen molar-refractivity contribution in [2.24, 2.45) is 5.41 Å². The highest BCUT2D eigenvalue weighted by molar-refractivity contribution is 5.92. The smallest absolute Gasteiger partial charge is 0.248 e. The van der Waals surface area contributed by atoms with E-state index in [0.717, 1.165) is 0 Å². The van der Waals surface area contributed by atoms with E-state index in [9.17, 15) is 4.79 Å². The quantitative estimate of drug-likeness (QED) is 0.671. The molecule has 0 spiro atoms. The van der Waals surface area contributed by atoms with Crippen molar-refractivity contribution in [2.75, 3.05) is 20.3 Å². The number of rotatable bonds is 4. The molecule has 1 amide bonds. The van der Waals surface area contributed by atoms with Gasteiger partial charge in [0.2, 0.25) is 5.91 Å². The Bertz CT molecular complexity index is 192. The molecule has 13 heavy (non-hydrogen) atoms. The van der Waals surface area contributed by atoms with Crippen molar-refractivity contribution in [3.8, 4) is 0 Å². The number of methoxy groups -OCH3 is 1. The fraction of sp³-hybridized carbons (Fsp3) is 0.700. The van der Waals surface area contributed by atoms with E-state index in [0.29, 0.717) is 12.1 Å². The van der Waals surface area contributed by atoms with Gasteiger partial charge < -0.3 is 10.1 Å². The highest BCUT2D eigenvalue weighted by Crippen LogP contribution is 2.10. The Kier molecular flexibility index (Phi) is 4.70. The molecular weight excluding hydrogens is 166 g/mol. The molecule has 0 aliphatic rings. The summed E-state index contributed by atoms with van der Waals surface area (Å²) in [5, 5.41) is 2.79. The highest BCUT2D eigenvalue weighted by atomic mass is 16.5. The van der Waals surface area contributed by atoms with Crippen LogP contribution in [0, 0.1) is 5.41 Å². The number of hydrogen-bond donors (Lipinski definition) is 1. The summed E-state index contributed by atoms with van der Waals surface area (Å²) in [4.78, 5) is 11.3. The fourth-order valence-corrected chi connectivity index (χ4v) is 0.710. The minimum Gasteiger partial charge on any atom is -0.380 e. The number of amides is 1. The normalized spacial score (nSPS) is 11.1. The molecular formula is C10H19NO2. The standard InChI is InChI=1S/C10H19NO2/c1-8(6-13-5)9(12)11-7-10(2,3)4/h1,6-7H2,2-5H3,(H,11,12). The van der Waals surface area contributed by atoms with Crippen molar-refractivity contribution >= 4 is 5.91 Å². The number of hydrogen-bond acceptors (Lipinski definition) is 2. The lowest BCUT2D eigenvalue weighted by atomic mass is 9.97. The third-order valence-electron chi connectivity index (χ3n) is 1.42. The molecule has 0 aromatic heterocycles. The van der Waals surface area contributed by atoms with Crippen LogP contribution in [0.1, 0.15) is 20.8 Å². The molecule has 0 aliphatic carbocycles. The van der Waals surface area contributed by atoms with Gasteiger partial charge in [-0.2, -0.15) is 0 Å². The molecule has 3 nitrogen and oxygen atoms in total. The van der Waals surface area contributed by atoms with Crippen LogP contribution < -0.4 is 5.32 Å². The molecule has 0 aromatic rings. The van der Waals surface area contributed by atoms with Gasteiger partial charge in [-0.3, -0.25) is 4.79 Å². The summed E-state index contributed by atoms with van der Waals surface area (Å²) in [7, 11) is 1.54. The Morgan fingerprint density at radius 1 is 1.46 bits per heavy atom. The molecule has 0 rings (SSSR count). The lowest BCUT2D eigenvalue weighted by Gasteiger charge is -2.18. The molecule has 0 heterocycles. The first-order valence-electron chi connectivity index (χ1n) is 4.32. The van der Waals surface area contributed by atoms with Crippen LogP contribution >= 0.6 is 0 Å². The lowest BCUT2D eigenvalue weighted by molar-refractivity contribution is -0.118. The van der Waals surface area contributed by atoms with Crippen LogP contribution in [-0.2, 0) is 9.53 Å². The summed E-state index contributed by atoms with van der Waals surface area (Å²) < 4.78 is 4.80. The summed E-state index contributed by atoms with van der Waals surface area (Å²) in [6.07, 6.45) is 0. The Morgan fingerprint density at radius 2 is 2.00 bits per heavy atom. The van der Waals surface area contributed by atoms with Gasteiger partial charge in [-0.15, -0.1) is 0 Å². The third-order valence-corrected chi connectivity index (χ3v) is 1.42. The maximum atomic E-state index is 11.3. The molecule has 3 heteroatoms. The van der Waals surface area contributed by atoms with Crippen molar-refractivity contribution in [2.45, 2.75) is 20.8 Å². The molecule has 1 N–H and O–H groups in total. The largest absolute Gasteiger partial charge is 0.380 e. The van der Waals surface area contributed by atoms with Gasteiger partial charge in [0.15, 0.2) is 0 Å². The number of carbonyl (C=O) groups is 1. The van der Waals surface area contributed by atoms with E-state index < -0.39 is 0 Å². The van der Waals surface area contributed by atoms with E-state index >= 15 is 0 Å². The Balaban J connectivity index is 3.82. The van der Waals surface area contributed by atoms with Crippen LogP contribution in [0.25, 0.3) is 0 Å². The van der Waals surface area contributed by atoms with E-state index in [1.165, 1.54) is 0 Å². The molecule has 0 radical (unpaired) electrons. The first-order valence-corrected chi connectivity index (χ1v) is 4.32. The van der Waals surface area contributed by atoms with Crippen molar-refractivity contribution in [3.63, 3.8) is 0 Å². The number of ether oxygens (including phenoxy) is 1. The van der Waals surface area contributed by atoms with Crippen LogP contribution in [0.2, 0.25) is 0 Å². The molecule has 0 saturated heterocycles. The van der Waals surface area contributed by atoms with Gasteiger partial charge in [-0.1, -0.05) is 27.4 Å². The minimum absolute atomic E-state index is 0.100. The van der Waals surface area contributed by atoms with Crippen LogP contribution in [0.15, 0.2) is 12.2 Å². The molecule has 0 fully saturated rings. The first kappa shape index (κ1) is 12.2. The predicted octanol–water partition coefficient (Wildman–Crippen LogP) is 1.35.